The van der Waals surface area contributed by atoms with Gasteiger partial charge in [-0.2, -0.15) is 18.3 Å². The first kappa shape index (κ1) is 22.3. The van der Waals surface area contributed by atoms with Crippen LogP contribution in [0.4, 0.5) is 24.5 Å². The third-order valence-corrected chi connectivity index (χ3v) is 5.50. The van der Waals surface area contributed by atoms with Crippen LogP contribution in [0.2, 0.25) is 0 Å². The molecule has 10 heteroatoms. The number of hydrogen-bond donors (Lipinski definition) is 2. The van der Waals surface area contributed by atoms with Gasteiger partial charge >= 0.3 is 6.18 Å². The molecule has 0 atom stereocenters. The Hall–Kier alpha value is -3.92. The van der Waals surface area contributed by atoms with E-state index in [1.807, 2.05) is 17.5 Å². The van der Waals surface area contributed by atoms with E-state index in [9.17, 15) is 22.8 Å². The van der Waals surface area contributed by atoms with Crippen molar-refractivity contribution >= 4 is 34.5 Å². The molecule has 4 rings (SSSR count). The zero-order valence-corrected chi connectivity index (χ0v) is 18.0. The van der Waals surface area contributed by atoms with Crippen LogP contribution < -0.4 is 10.6 Å². The van der Waals surface area contributed by atoms with Crippen molar-refractivity contribution in [1.82, 2.24) is 9.78 Å². The van der Waals surface area contributed by atoms with Gasteiger partial charge in [-0.05, 0) is 47.8 Å². The van der Waals surface area contributed by atoms with Crippen LogP contribution in [0, 0.1) is 0 Å². The van der Waals surface area contributed by atoms with Crippen molar-refractivity contribution in [3.63, 3.8) is 0 Å². The lowest BCUT2D eigenvalue weighted by Gasteiger charge is -2.16. The van der Waals surface area contributed by atoms with E-state index < -0.39 is 29.2 Å². The molecular formula is C23H17F3N4O2S. The van der Waals surface area contributed by atoms with Gasteiger partial charge in [-0.3, -0.25) is 9.59 Å². The number of benzene rings is 2. The Balaban J connectivity index is 1.74. The quantitative estimate of drug-likeness (QED) is 0.385. The number of anilines is 2. The molecule has 6 nitrogen and oxygen atoms in total. The Labute approximate surface area is 190 Å². The molecule has 168 valence electrons. The summed E-state index contributed by atoms with van der Waals surface area (Å²) < 4.78 is 42.4. The third-order valence-electron chi connectivity index (χ3n) is 4.61. The first-order valence-corrected chi connectivity index (χ1v) is 10.6. The Kier molecular flexibility index (Phi) is 6.01. The number of aromatic nitrogens is 2. The van der Waals surface area contributed by atoms with E-state index >= 15 is 0 Å². The van der Waals surface area contributed by atoms with Crippen LogP contribution in [0.15, 0.2) is 72.1 Å². The highest BCUT2D eigenvalue weighted by molar-refractivity contribution is 7.13. The molecule has 2 aromatic carbocycles. The van der Waals surface area contributed by atoms with Crippen LogP contribution in [0.5, 0.6) is 0 Å². The Morgan fingerprint density at radius 2 is 1.73 bits per heavy atom. The van der Waals surface area contributed by atoms with Crippen molar-refractivity contribution in [2.45, 2.75) is 13.1 Å². The van der Waals surface area contributed by atoms with E-state index in [1.54, 1.807) is 30.3 Å². The van der Waals surface area contributed by atoms with E-state index in [0.29, 0.717) is 11.4 Å². The van der Waals surface area contributed by atoms with E-state index in [2.05, 4.69) is 15.7 Å². The number of thiophene rings is 1. The molecule has 4 aromatic rings. The van der Waals surface area contributed by atoms with Crippen molar-refractivity contribution in [2.75, 3.05) is 10.6 Å². The van der Waals surface area contributed by atoms with Gasteiger partial charge in [-0.1, -0.05) is 24.3 Å². The number of nitrogens with zero attached hydrogens (tertiary/aromatic N) is 2. The fourth-order valence-corrected chi connectivity index (χ4v) is 3.89. The maximum Gasteiger partial charge on any atom is 0.418 e. The van der Waals surface area contributed by atoms with Gasteiger partial charge in [0.1, 0.15) is 11.4 Å². The summed E-state index contributed by atoms with van der Waals surface area (Å²) in [5.74, 6) is -1.26. The maximum atomic E-state index is 13.7. The molecule has 2 N–H and O–H groups in total. The van der Waals surface area contributed by atoms with Gasteiger partial charge in [0.05, 0.1) is 21.8 Å². The van der Waals surface area contributed by atoms with Crippen molar-refractivity contribution in [1.29, 1.82) is 0 Å². The third kappa shape index (κ3) is 4.96. The molecule has 33 heavy (non-hydrogen) atoms. The van der Waals surface area contributed by atoms with Gasteiger partial charge in [-0.15, -0.1) is 11.3 Å². The van der Waals surface area contributed by atoms with Crippen LogP contribution >= 0.6 is 11.3 Å². The number of nitrogens with one attached hydrogen (secondary N) is 2. The summed E-state index contributed by atoms with van der Waals surface area (Å²) in [6, 6.07) is 17.2. The number of halogens is 3. The van der Waals surface area contributed by atoms with E-state index in [4.69, 9.17) is 0 Å². The van der Waals surface area contributed by atoms with Crippen molar-refractivity contribution in [3.05, 3.63) is 83.4 Å². The van der Waals surface area contributed by atoms with Gasteiger partial charge in [0, 0.05) is 12.6 Å². The van der Waals surface area contributed by atoms with Crippen LogP contribution in [0.3, 0.4) is 0 Å². The molecule has 0 aliphatic heterocycles. The summed E-state index contributed by atoms with van der Waals surface area (Å²) in [6.07, 6.45) is -4.75. The molecule has 0 aliphatic carbocycles. The largest absolute Gasteiger partial charge is 0.418 e. The Bertz CT molecular complexity index is 1300. The van der Waals surface area contributed by atoms with E-state index in [0.717, 1.165) is 17.0 Å². The van der Waals surface area contributed by atoms with Gasteiger partial charge in [0.25, 0.3) is 5.91 Å². The minimum atomic E-state index is -4.75. The summed E-state index contributed by atoms with van der Waals surface area (Å²) >= 11 is 1.43. The molecule has 0 saturated heterocycles. The highest BCUT2D eigenvalue weighted by Gasteiger charge is 2.35. The first-order chi connectivity index (χ1) is 15.7. The molecule has 2 heterocycles. The molecular weight excluding hydrogens is 453 g/mol. The molecule has 0 aliphatic rings. The number of alkyl halides is 3. The lowest BCUT2D eigenvalue weighted by Crippen LogP contribution is -2.20. The van der Waals surface area contributed by atoms with Crippen molar-refractivity contribution < 1.29 is 22.8 Å². The zero-order chi connectivity index (χ0) is 23.6. The Morgan fingerprint density at radius 1 is 0.970 bits per heavy atom. The molecule has 0 radical (unpaired) electrons. The molecule has 0 fully saturated rings. The minimum Gasteiger partial charge on any atom is -0.326 e. The molecule has 0 unspecified atom stereocenters. The number of carbonyl (C=O) groups excluding carboxylic acids is 2. The normalized spacial score (nSPS) is 11.3. The van der Waals surface area contributed by atoms with Crippen LogP contribution in [0.25, 0.3) is 16.3 Å². The number of carbonyl (C=O) groups is 2. The summed E-state index contributed by atoms with van der Waals surface area (Å²) in [7, 11) is 0. The van der Waals surface area contributed by atoms with Gasteiger partial charge in [0.2, 0.25) is 5.91 Å². The topological polar surface area (TPSA) is 76.0 Å². The second kappa shape index (κ2) is 8.91. The van der Waals surface area contributed by atoms with Crippen LogP contribution in [-0.2, 0) is 11.0 Å². The highest BCUT2D eigenvalue weighted by atomic mass is 32.1. The fourth-order valence-electron chi connectivity index (χ4n) is 3.21. The van der Waals surface area contributed by atoms with E-state index in [1.165, 1.54) is 35.1 Å². The minimum absolute atomic E-state index is 0.0258. The maximum absolute atomic E-state index is 13.7. The summed E-state index contributed by atoms with van der Waals surface area (Å²) in [5.41, 5.74) is -0.351. The van der Waals surface area contributed by atoms with Gasteiger partial charge in [-0.25, -0.2) is 4.68 Å². The summed E-state index contributed by atoms with van der Waals surface area (Å²) in [5, 5.41) is 11.0. The van der Waals surface area contributed by atoms with E-state index in [-0.39, 0.29) is 11.4 Å². The smallest absolute Gasteiger partial charge is 0.326 e. The number of hydrogen-bond acceptors (Lipinski definition) is 4. The van der Waals surface area contributed by atoms with Crippen molar-refractivity contribution in [2.24, 2.45) is 0 Å². The lowest BCUT2D eigenvalue weighted by molar-refractivity contribution is -0.137. The van der Waals surface area contributed by atoms with Crippen LogP contribution in [0.1, 0.15) is 23.0 Å². The average molecular weight is 470 g/mol. The fraction of sp³-hybridized carbons (Fsp3) is 0.0870. The SMILES string of the molecule is CC(=O)Nc1ccc(NC(=O)c2cc(-c3cccs3)nn2-c2ccccc2)c(C(F)(F)F)c1. The zero-order valence-electron chi connectivity index (χ0n) is 17.2. The molecule has 0 saturated carbocycles. The number of rotatable bonds is 5. The first-order valence-electron chi connectivity index (χ1n) is 9.72. The number of amides is 2. The average Bonchev–Trinajstić information content (AvgIpc) is 3.44. The molecule has 0 bridgehead atoms. The van der Waals surface area contributed by atoms with Crippen LogP contribution in [-0.4, -0.2) is 21.6 Å². The predicted octanol–water partition coefficient (Wildman–Crippen LogP) is 5.83. The van der Waals surface area contributed by atoms with Crippen molar-refractivity contribution in [3.8, 4) is 16.3 Å². The summed E-state index contributed by atoms with van der Waals surface area (Å²) in [6.45, 7) is 1.19. The second-order valence-electron chi connectivity index (χ2n) is 7.03. The Morgan fingerprint density at radius 3 is 2.36 bits per heavy atom. The lowest BCUT2D eigenvalue weighted by atomic mass is 10.1. The summed E-state index contributed by atoms with van der Waals surface area (Å²) in [4.78, 5) is 25.2. The monoisotopic (exact) mass is 470 g/mol. The second-order valence-corrected chi connectivity index (χ2v) is 7.98. The molecule has 0 spiro atoms. The van der Waals surface area contributed by atoms with Gasteiger partial charge < -0.3 is 10.6 Å². The van der Waals surface area contributed by atoms with Gasteiger partial charge in [0.15, 0.2) is 0 Å². The standard InChI is InChI=1S/C23H17F3N4O2S/c1-14(31)27-15-9-10-18(17(12-15)23(24,25)26)28-22(32)20-13-19(21-8-5-11-33-21)29-30(20)16-6-3-2-4-7-16/h2-13H,1H3,(H,27,31)(H,28,32). The number of para-hydroxylation sites is 1. The predicted molar refractivity (Wildman–Crippen MR) is 121 cm³/mol. The molecule has 2 aromatic heterocycles. The highest BCUT2D eigenvalue weighted by Crippen LogP contribution is 2.37. The molecule has 2 amide bonds.